The van der Waals surface area contributed by atoms with Crippen molar-refractivity contribution in [2.75, 3.05) is 17.3 Å². The minimum atomic E-state index is -2.78. The van der Waals surface area contributed by atoms with E-state index in [-0.39, 0.29) is 0 Å². The maximum absolute atomic E-state index is 11.8. The van der Waals surface area contributed by atoms with Crippen molar-refractivity contribution in [1.82, 2.24) is 9.97 Å². The summed E-state index contributed by atoms with van der Waals surface area (Å²) in [5, 5.41) is 13.5. The molecule has 0 aliphatic carbocycles. The Morgan fingerprint density at radius 1 is 1.56 bits per heavy atom. The molecule has 0 saturated heterocycles. The zero-order valence-electron chi connectivity index (χ0n) is 14.7. The van der Waals surface area contributed by atoms with Crippen molar-refractivity contribution in [1.29, 1.82) is 4.78 Å². The van der Waals surface area contributed by atoms with Crippen LogP contribution in [0.15, 0.2) is 51.1 Å². The van der Waals surface area contributed by atoms with Gasteiger partial charge in [0.05, 0.1) is 19.8 Å². The highest BCUT2D eigenvalue weighted by Gasteiger charge is 2.15. The second-order valence-electron chi connectivity index (χ2n) is 5.97. The predicted molar refractivity (Wildman–Crippen MR) is 109 cm³/mol. The fourth-order valence-electron chi connectivity index (χ4n) is 1.58. The molecule has 9 heteroatoms. The number of thioether (sulfide) groups is 1. The second-order valence-corrected chi connectivity index (χ2v) is 9.94. The molecule has 1 rings (SSSR count). The fraction of sp³-hybridized carbons (Fsp3) is 0.375. The smallest absolute Gasteiger partial charge is 0.228 e. The van der Waals surface area contributed by atoms with E-state index in [1.165, 1.54) is 18.0 Å². The van der Waals surface area contributed by atoms with Crippen LogP contribution in [0.25, 0.3) is 0 Å². The molecule has 0 fully saturated rings. The van der Waals surface area contributed by atoms with Crippen LogP contribution in [0.3, 0.4) is 0 Å². The van der Waals surface area contributed by atoms with Gasteiger partial charge in [0.1, 0.15) is 5.03 Å². The number of allylic oxidation sites excluding steroid dienone is 3. The van der Waals surface area contributed by atoms with E-state index < -0.39 is 15.3 Å². The van der Waals surface area contributed by atoms with Crippen molar-refractivity contribution in [3.63, 3.8) is 0 Å². The number of nitrogens with zero attached hydrogens (tertiary/aromatic N) is 2. The third kappa shape index (κ3) is 8.17. The highest BCUT2D eigenvalue weighted by Crippen LogP contribution is 2.28. The maximum Gasteiger partial charge on any atom is 0.228 e. The molecule has 1 aromatic heterocycles. The van der Waals surface area contributed by atoms with Gasteiger partial charge >= 0.3 is 0 Å². The number of hydrogen-bond donors (Lipinski definition) is 3. The van der Waals surface area contributed by atoms with Gasteiger partial charge in [-0.3, -0.25) is 0 Å². The molecule has 25 heavy (non-hydrogen) atoms. The molecule has 0 saturated carbocycles. The van der Waals surface area contributed by atoms with Crippen LogP contribution in [0, 0.1) is 4.78 Å². The molecule has 1 unspecified atom stereocenters. The van der Waals surface area contributed by atoms with Crippen molar-refractivity contribution in [2.24, 2.45) is 0 Å². The van der Waals surface area contributed by atoms with E-state index in [9.17, 15) is 9.32 Å². The summed E-state index contributed by atoms with van der Waals surface area (Å²) in [6, 6.07) is 0. The number of rotatable bonds is 8. The average molecular weight is 447 g/mol. The van der Waals surface area contributed by atoms with E-state index in [0.717, 1.165) is 4.47 Å². The van der Waals surface area contributed by atoms with Gasteiger partial charge in [-0.25, -0.2) is 19.0 Å². The number of anilines is 1. The summed E-state index contributed by atoms with van der Waals surface area (Å²) >= 11 is 4.81. The van der Waals surface area contributed by atoms with Crippen molar-refractivity contribution in [3.8, 4) is 0 Å². The lowest BCUT2D eigenvalue weighted by atomic mass is 10.2. The topological polar surface area (TPSA) is 99.0 Å². The Bertz CT molecular complexity index is 797. The Balaban J connectivity index is 2.84. The van der Waals surface area contributed by atoms with E-state index in [1.54, 1.807) is 45.2 Å². The molecular formula is C16H23BrN4O2S2. The van der Waals surface area contributed by atoms with Crippen LogP contribution in [0.5, 0.6) is 0 Å². The number of aliphatic hydroxyl groups is 1. The largest absolute Gasteiger partial charge is 0.390 e. The van der Waals surface area contributed by atoms with E-state index in [1.807, 2.05) is 0 Å². The first-order valence-corrected chi connectivity index (χ1v) is 11.1. The lowest BCUT2D eigenvalue weighted by molar-refractivity contribution is 0.107. The lowest BCUT2D eigenvalue weighted by Crippen LogP contribution is -2.21. The molecule has 1 aromatic rings. The Labute approximate surface area is 162 Å². The van der Waals surface area contributed by atoms with Gasteiger partial charge in [-0.05, 0) is 48.9 Å². The van der Waals surface area contributed by atoms with Crippen molar-refractivity contribution in [2.45, 2.75) is 31.4 Å². The fourth-order valence-corrected chi connectivity index (χ4v) is 3.72. The maximum atomic E-state index is 11.8. The van der Waals surface area contributed by atoms with Gasteiger partial charge in [-0.15, -0.1) is 11.8 Å². The quantitative estimate of drug-likeness (QED) is 0.314. The van der Waals surface area contributed by atoms with Crippen molar-refractivity contribution in [3.05, 3.63) is 46.1 Å². The second kappa shape index (κ2) is 8.98. The molecule has 0 amide bonds. The van der Waals surface area contributed by atoms with Crippen molar-refractivity contribution < 1.29 is 9.32 Å². The third-order valence-corrected chi connectivity index (χ3v) is 6.28. The molecule has 0 aliphatic heterocycles. The van der Waals surface area contributed by atoms with Crippen molar-refractivity contribution >= 4 is 43.4 Å². The first kappa shape index (κ1) is 21.9. The molecule has 1 heterocycles. The van der Waals surface area contributed by atoms with E-state index >= 15 is 0 Å². The summed E-state index contributed by atoms with van der Waals surface area (Å²) in [5.41, 5.74) is -0.301. The molecule has 6 nitrogen and oxygen atoms in total. The van der Waals surface area contributed by atoms with Crippen LogP contribution in [0.2, 0.25) is 0 Å². The first-order valence-electron chi connectivity index (χ1n) is 7.34. The predicted octanol–water partition coefficient (Wildman–Crippen LogP) is 4.16. The highest BCUT2D eigenvalue weighted by molar-refractivity contribution is 9.10. The minimum Gasteiger partial charge on any atom is -0.390 e. The summed E-state index contributed by atoms with van der Waals surface area (Å²) in [5.74, 6) is 0.850. The van der Waals surface area contributed by atoms with Crippen LogP contribution in [-0.4, -0.2) is 36.9 Å². The van der Waals surface area contributed by atoms with Crippen LogP contribution >= 0.6 is 27.7 Å². The summed E-state index contributed by atoms with van der Waals surface area (Å²) in [6.07, 6.45) is 7.85. The van der Waals surface area contributed by atoms with Gasteiger partial charge in [-0.1, -0.05) is 12.7 Å². The Morgan fingerprint density at radius 3 is 2.72 bits per heavy atom. The highest BCUT2D eigenvalue weighted by atomic mass is 79.9. The van der Waals surface area contributed by atoms with E-state index in [0.29, 0.717) is 27.3 Å². The van der Waals surface area contributed by atoms with E-state index in [4.69, 9.17) is 4.78 Å². The molecule has 3 N–H and O–H groups in total. The summed E-state index contributed by atoms with van der Waals surface area (Å²) in [6.45, 7) is 9.06. The molecule has 0 aromatic carbocycles. The number of hydrogen-bond acceptors (Lipinski definition) is 7. The van der Waals surface area contributed by atoms with E-state index in [2.05, 4.69) is 37.8 Å². The third-order valence-electron chi connectivity index (χ3n) is 2.73. The number of nitrogens with one attached hydrogen (secondary N) is 2. The van der Waals surface area contributed by atoms with Crippen LogP contribution in [0.4, 0.5) is 5.95 Å². The van der Waals surface area contributed by atoms with Gasteiger partial charge in [-0.2, -0.15) is 0 Å². The van der Waals surface area contributed by atoms with Gasteiger partial charge in [0.15, 0.2) is 0 Å². The van der Waals surface area contributed by atoms with Gasteiger partial charge in [0, 0.05) is 28.8 Å². The average Bonchev–Trinajstić information content (AvgIpc) is 2.46. The van der Waals surface area contributed by atoms with Gasteiger partial charge in [0.2, 0.25) is 5.95 Å². The van der Waals surface area contributed by atoms with Crippen LogP contribution in [0.1, 0.15) is 20.8 Å². The molecule has 0 radical (unpaired) electrons. The monoisotopic (exact) mass is 446 g/mol. The molecule has 0 aliphatic rings. The molecular weight excluding hydrogens is 424 g/mol. The zero-order valence-corrected chi connectivity index (χ0v) is 17.9. The summed E-state index contributed by atoms with van der Waals surface area (Å²) in [4.78, 5) is 8.99. The summed E-state index contributed by atoms with van der Waals surface area (Å²) < 4.78 is 20.1. The molecule has 0 bridgehead atoms. The Morgan fingerprint density at radius 2 is 2.20 bits per heavy atom. The first-order chi connectivity index (χ1) is 11.4. The Kier molecular flexibility index (Phi) is 7.86. The normalized spacial score (nSPS) is 15.2. The SMILES string of the molecule is C=C(/C=C\C(=C/C)S(C)(=N)=O)Nc1ncc(Br)c(SCC(C)(C)O)n1. The standard InChI is InChI=1S/C16H23BrN4O2S2/c1-6-12(25(5,18)23)8-7-11(2)20-15-19-9-13(17)14(21-15)24-10-16(3,4)22/h6-9,18,22H,2,10H2,1,3-5H3,(H,19,20,21)/b8-7-,12-6+. The lowest BCUT2D eigenvalue weighted by Gasteiger charge is -2.16. The minimum absolute atomic E-state index is 0.362. The number of aromatic nitrogens is 2. The number of halogens is 1. The molecule has 0 spiro atoms. The zero-order chi connectivity index (χ0) is 19.3. The van der Waals surface area contributed by atoms with Gasteiger partial charge < -0.3 is 10.4 Å². The molecule has 1 atom stereocenters. The van der Waals surface area contributed by atoms with Gasteiger partial charge in [0.25, 0.3) is 0 Å². The molecule has 138 valence electrons. The van der Waals surface area contributed by atoms with Crippen LogP contribution < -0.4 is 5.32 Å². The summed E-state index contributed by atoms with van der Waals surface area (Å²) in [7, 11) is -2.78. The Hall–Kier alpha value is -1.16. The van der Waals surface area contributed by atoms with Crippen LogP contribution in [-0.2, 0) is 9.73 Å².